The van der Waals surface area contributed by atoms with Gasteiger partial charge in [-0.1, -0.05) is 69.8 Å². The van der Waals surface area contributed by atoms with Crippen molar-refractivity contribution in [1.82, 2.24) is 5.48 Å². The molecular formula is C18H37BrN2O2. The van der Waals surface area contributed by atoms with Crippen LogP contribution in [0, 0.1) is 0 Å². The highest BCUT2D eigenvalue weighted by Crippen LogP contribution is 2.11. The van der Waals surface area contributed by atoms with Crippen LogP contribution in [0.5, 0.6) is 0 Å². The zero-order chi connectivity index (χ0) is 16.8. The molecular weight excluding hydrogens is 356 g/mol. The number of nitrogens with one attached hydrogen (secondary N) is 1. The second-order valence-corrected chi connectivity index (χ2v) is 6.78. The summed E-state index contributed by atoms with van der Waals surface area (Å²) < 4.78 is 0.343. The van der Waals surface area contributed by atoms with E-state index in [-0.39, 0.29) is 22.9 Å². The van der Waals surface area contributed by atoms with Gasteiger partial charge in [-0.15, -0.1) is 0 Å². The standard InChI is InChI=1S/C18H36N2O2.BrH/c1-6-7-8-9-10-11-12-13-14-15-16-20(4,5)22-19-18(21)17(2)3;/h2,6-16H2,1,3-5H3;1H. The van der Waals surface area contributed by atoms with Crippen LogP contribution in [0.3, 0.4) is 0 Å². The smallest absolute Gasteiger partial charge is 0.274 e. The molecule has 0 aromatic rings. The van der Waals surface area contributed by atoms with Gasteiger partial charge in [0.1, 0.15) is 20.6 Å². The van der Waals surface area contributed by atoms with Crippen molar-refractivity contribution in [3.63, 3.8) is 0 Å². The lowest BCUT2D eigenvalue weighted by Crippen LogP contribution is -3.00. The van der Waals surface area contributed by atoms with Gasteiger partial charge in [-0.05, 0) is 19.8 Å². The average molecular weight is 393 g/mol. The highest BCUT2D eigenvalue weighted by atomic mass is 79.9. The molecule has 1 N–H and O–H groups in total. The van der Waals surface area contributed by atoms with Crippen LogP contribution < -0.4 is 22.5 Å². The van der Waals surface area contributed by atoms with E-state index >= 15 is 0 Å². The van der Waals surface area contributed by atoms with Gasteiger partial charge in [0.2, 0.25) is 0 Å². The molecule has 0 unspecified atom stereocenters. The first-order valence-electron chi connectivity index (χ1n) is 8.86. The predicted octanol–water partition coefficient (Wildman–Crippen LogP) is 1.53. The maximum absolute atomic E-state index is 11.4. The Morgan fingerprint density at radius 2 is 1.39 bits per heavy atom. The molecule has 0 aliphatic rings. The first kappa shape index (κ1) is 24.9. The molecule has 1 amide bonds. The van der Waals surface area contributed by atoms with Gasteiger partial charge in [-0.3, -0.25) is 4.79 Å². The summed E-state index contributed by atoms with van der Waals surface area (Å²) in [6.07, 6.45) is 13.2. The molecule has 0 radical (unpaired) electrons. The molecule has 0 aliphatic heterocycles. The van der Waals surface area contributed by atoms with Crippen LogP contribution in [0.15, 0.2) is 12.2 Å². The third-order valence-corrected chi connectivity index (χ3v) is 3.82. The Hall–Kier alpha value is -0.390. The molecule has 4 nitrogen and oxygen atoms in total. The molecule has 0 aromatic carbocycles. The molecule has 23 heavy (non-hydrogen) atoms. The molecule has 0 aromatic heterocycles. The highest BCUT2D eigenvalue weighted by molar-refractivity contribution is 5.91. The third-order valence-electron chi connectivity index (χ3n) is 3.82. The number of rotatable bonds is 14. The highest BCUT2D eigenvalue weighted by Gasteiger charge is 2.18. The van der Waals surface area contributed by atoms with Gasteiger partial charge >= 0.3 is 0 Å². The zero-order valence-corrected chi connectivity index (χ0v) is 17.2. The van der Waals surface area contributed by atoms with Crippen molar-refractivity contribution in [2.24, 2.45) is 0 Å². The van der Waals surface area contributed by atoms with E-state index in [9.17, 15) is 4.79 Å². The van der Waals surface area contributed by atoms with E-state index in [0.29, 0.717) is 10.2 Å². The molecule has 0 aliphatic carbocycles. The summed E-state index contributed by atoms with van der Waals surface area (Å²) >= 11 is 0. The second-order valence-electron chi connectivity index (χ2n) is 6.78. The number of nitrogens with zero attached hydrogens (tertiary/aromatic N) is 1. The van der Waals surface area contributed by atoms with Gasteiger partial charge in [0.25, 0.3) is 5.91 Å². The molecule has 0 rings (SSSR count). The van der Waals surface area contributed by atoms with Crippen LogP contribution in [0.4, 0.5) is 0 Å². The summed E-state index contributed by atoms with van der Waals surface area (Å²) in [7, 11) is 3.90. The number of hydrogen-bond donors (Lipinski definition) is 1. The largest absolute Gasteiger partial charge is 1.00 e. The molecule has 0 bridgehead atoms. The monoisotopic (exact) mass is 392 g/mol. The Labute approximate surface area is 153 Å². The van der Waals surface area contributed by atoms with Gasteiger partial charge in [0.05, 0.1) is 0 Å². The summed E-state index contributed by atoms with van der Waals surface area (Å²) in [5, 5.41) is 0. The molecule has 138 valence electrons. The average Bonchev–Trinajstić information content (AvgIpc) is 2.46. The third kappa shape index (κ3) is 16.3. The zero-order valence-electron chi connectivity index (χ0n) is 15.6. The number of amides is 1. The number of carbonyl (C=O) groups is 1. The lowest BCUT2D eigenvalue weighted by Gasteiger charge is -2.25. The Kier molecular flexibility index (Phi) is 16.4. The van der Waals surface area contributed by atoms with E-state index in [2.05, 4.69) is 19.0 Å². The van der Waals surface area contributed by atoms with E-state index in [1.807, 2.05) is 14.1 Å². The molecule has 5 heteroatoms. The van der Waals surface area contributed by atoms with Crippen molar-refractivity contribution >= 4 is 5.91 Å². The van der Waals surface area contributed by atoms with Crippen molar-refractivity contribution in [2.45, 2.75) is 78.1 Å². The van der Waals surface area contributed by atoms with Crippen molar-refractivity contribution in [3.8, 4) is 0 Å². The number of quaternary nitrogens is 1. The number of carbonyl (C=O) groups excluding carboxylic acids is 1. The first-order valence-corrected chi connectivity index (χ1v) is 8.86. The number of unbranched alkanes of at least 4 members (excludes halogenated alkanes) is 9. The van der Waals surface area contributed by atoms with Crippen LogP contribution in [0.25, 0.3) is 0 Å². The summed E-state index contributed by atoms with van der Waals surface area (Å²) in [5.74, 6) is -0.255. The Morgan fingerprint density at radius 3 is 1.83 bits per heavy atom. The van der Waals surface area contributed by atoms with Gasteiger partial charge < -0.3 is 17.0 Å². The van der Waals surface area contributed by atoms with E-state index < -0.39 is 0 Å². The molecule has 0 atom stereocenters. The summed E-state index contributed by atoms with van der Waals surface area (Å²) in [4.78, 5) is 16.8. The van der Waals surface area contributed by atoms with Crippen molar-refractivity contribution < 1.29 is 31.4 Å². The molecule has 0 fully saturated rings. The minimum atomic E-state index is -0.255. The fourth-order valence-corrected chi connectivity index (χ4v) is 2.28. The maximum atomic E-state index is 11.4. The van der Waals surface area contributed by atoms with Crippen LogP contribution in [0.2, 0.25) is 0 Å². The molecule has 0 saturated heterocycles. The lowest BCUT2D eigenvalue weighted by atomic mass is 10.1. The van der Waals surface area contributed by atoms with Crippen LogP contribution in [-0.2, 0) is 9.73 Å². The molecule has 0 spiro atoms. The van der Waals surface area contributed by atoms with Crippen LogP contribution >= 0.6 is 0 Å². The molecule has 0 heterocycles. The minimum absolute atomic E-state index is 0. The quantitative estimate of drug-likeness (QED) is 0.210. The van der Waals surface area contributed by atoms with Gasteiger partial charge in [0.15, 0.2) is 0 Å². The molecule has 0 saturated carbocycles. The number of hydroxylamine groups is 4. The first-order chi connectivity index (χ1) is 10.4. The Balaban J connectivity index is 0. The topological polar surface area (TPSA) is 38.3 Å². The van der Waals surface area contributed by atoms with E-state index in [1.54, 1.807) is 6.92 Å². The number of hydrogen-bond acceptors (Lipinski definition) is 2. The summed E-state index contributed by atoms with van der Waals surface area (Å²) in [6.45, 7) is 8.41. The van der Waals surface area contributed by atoms with Crippen molar-refractivity contribution in [3.05, 3.63) is 12.2 Å². The fourth-order valence-electron chi connectivity index (χ4n) is 2.28. The van der Waals surface area contributed by atoms with Gasteiger partial charge in [-0.2, -0.15) is 10.1 Å². The SMILES string of the molecule is C=C(C)C(=O)NO[N+](C)(C)CCCCCCCCCCCC.[Br-]. The van der Waals surface area contributed by atoms with Gasteiger partial charge in [-0.25, -0.2) is 0 Å². The van der Waals surface area contributed by atoms with Gasteiger partial charge in [0, 0.05) is 5.57 Å². The maximum Gasteiger partial charge on any atom is 0.274 e. The van der Waals surface area contributed by atoms with E-state index in [1.165, 1.54) is 57.8 Å². The lowest BCUT2D eigenvalue weighted by molar-refractivity contribution is -1.08. The minimum Gasteiger partial charge on any atom is -1.00 e. The predicted molar refractivity (Wildman–Crippen MR) is 92.9 cm³/mol. The van der Waals surface area contributed by atoms with Crippen LogP contribution in [-0.4, -0.2) is 31.2 Å². The van der Waals surface area contributed by atoms with Crippen LogP contribution in [0.1, 0.15) is 78.1 Å². The Morgan fingerprint density at radius 1 is 0.957 bits per heavy atom. The fraction of sp³-hybridized carbons (Fsp3) is 0.833. The van der Waals surface area contributed by atoms with Crippen molar-refractivity contribution in [2.75, 3.05) is 20.6 Å². The van der Waals surface area contributed by atoms with Crippen molar-refractivity contribution in [1.29, 1.82) is 0 Å². The number of halogens is 1. The van der Waals surface area contributed by atoms with E-state index in [0.717, 1.165) is 13.0 Å². The summed E-state index contributed by atoms with van der Waals surface area (Å²) in [5.41, 5.74) is 2.90. The summed E-state index contributed by atoms with van der Waals surface area (Å²) in [6, 6.07) is 0. The normalized spacial score (nSPS) is 11.0. The Bertz CT molecular complexity index is 320. The second kappa shape index (κ2) is 15.2. The van der Waals surface area contributed by atoms with E-state index in [4.69, 9.17) is 4.94 Å².